The molecule has 1 N–H and O–H groups in total. The Labute approximate surface area is 83.8 Å². The maximum atomic E-state index is 11.2. The summed E-state index contributed by atoms with van der Waals surface area (Å²) >= 11 is 2.14. The van der Waals surface area contributed by atoms with Crippen molar-refractivity contribution in [3.05, 3.63) is 0 Å². The van der Waals surface area contributed by atoms with Gasteiger partial charge < -0.3 is 5.32 Å². The van der Waals surface area contributed by atoms with E-state index in [-0.39, 0.29) is 5.91 Å². The summed E-state index contributed by atoms with van der Waals surface area (Å²) < 4.78 is 0. The Bertz CT molecular complexity index is 195. The molecule has 2 nitrogen and oxygen atoms in total. The SMILES string of the molecule is CCC(=O)NC1CC2CCC(C1)S2. The van der Waals surface area contributed by atoms with E-state index < -0.39 is 0 Å². The van der Waals surface area contributed by atoms with E-state index in [0.717, 1.165) is 10.5 Å². The first-order chi connectivity index (χ1) is 6.28. The fraction of sp³-hybridized carbons (Fsp3) is 0.900. The zero-order chi connectivity index (χ0) is 9.26. The molecule has 3 heteroatoms. The van der Waals surface area contributed by atoms with Crippen molar-refractivity contribution in [3.63, 3.8) is 0 Å². The summed E-state index contributed by atoms with van der Waals surface area (Å²) in [6.07, 6.45) is 5.76. The second-order valence-electron chi connectivity index (χ2n) is 4.05. The van der Waals surface area contributed by atoms with Crippen LogP contribution in [0.5, 0.6) is 0 Å². The highest BCUT2D eigenvalue weighted by atomic mass is 32.2. The van der Waals surface area contributed by atoms with Crippen LogP contribution < -0.4 is 5.32 Å². The molecule has 2 aliphatic rings. The molecule has 2 unspecified atom stereocenters. The van der Waals surface area contributed by atoms with Crippen LogP contribution in [0.2, 0.25) is 0 Å². The lowest BCUT2D eigenvalue weighted by atomic mass is 10.1. The van der Waals surface area contributed by atoms with Gasteiger partial charge in [-0.25, -0.2) is 0 Å². The molecule has 2 atom stereocenters. The lowest BCUT2D eigenvalue weighted by Crippen LogP contribution is -2.39. The summed E-state index contributed by atoms with van der Waals surface area (Å²) in [7, 11) is 0. The van der Waals surface area contributed by atoms with Gasteiger partial charge in [-0.1, -0.05) is 6.92 Å². The second kappa shape index (κ2) is 3.91. The van der Waals surface area contributed by atoms with Crippen molar-refractivity contribution in [2.75, 3.05) is 0 Å². The number of fused-ring (bicyclic) bond motifs is 2. The van der Waals surface area contributed by atoms with Crippen LogP contribution in [-0.2, 0) is 4.79 Å². The number of rotatable bonds is 2. The number of nitrogens with one attached hydrogen (secondary N) is 1. The second-order valence-corrected chi connectivity index (χ2v) is 5.65. The van der Waals surface area contributed by atoms with E-state index in [1.165, 1.54) is 25.7 Å². The molecule has 2 fully saturated rings. The predicted octanol–water partition coefficient (Wildman–Crippen LogP) is 1.94. The van der Waals surface area contributed by atoms with Crippen molar-refractivity contribution >= 4 is 17.7 Å². The van der Waals surface area contributed by atoms with E-state index in [9.17, 15) is 4.79 Å². The largest absolute Gasteiger partial charge is 0.353 e. The van der Waals surface area contributed by atoms with Crippen LogP contribution in [0.4, 0.5) is 0 Å². The minimum absolute atomic E-state index is 0.219. The molecule has 0 spiro atoms. The van der Waals surface area contributed by atoms with Gasteiger partial charge in [0, 0.05) is 23.0 Å². The number of carbonyl (C=O) groups excluding carboxylic acids is 1. The molecule has 1 amide bonds. The third-order valence-corrected chi connectivity index (χ3v) is 4.60. The van der Waals surface area contributed by atoms with E-state index in [2.05, 4.69) is 17.1 Å². The summed E-state index contributed by atoms with van der Waals surface area (Å²) in [4.78, 5) is 11.2. The van der Waals surface area contributed by atoms with E-state index in [1.807, 2.05) is 6.92 Å². The predicted molar refractivity (Wildman–Crippen MR) is 55.9 cm³/mol. The fourth-order valence-corrected chi connectivity index (χ4v) is 4.08. The quantitative estimate of drug-likeness (QED) is 0.736. The highest BCUT2D eigenvalue weighted by molar-refractivity contribution is 8.00. The Morgan fingerprint density at radius 2 is 2.00 bits per heavy atom. The van der Waals surface area contributed by atoms with Crippen molar-refractivity contribution in [2.24, 2.45) is 0 Å². The fourth-order valence-electron chi connectivity index (χ4n) is 2.31. The molecular weight excluding hydrogens is 182 g/mol. The van der Waals surface area contributed by atoms with E-state index in [1.54, 1.807) is 0 Å². The maximum Gasteiger partial charge on any atom is 0.219 e. The van der Waals surface area contributed by atoms with E-state index in [4.69, 9.17) is 0 Å². The van der Waals surface area contributed by atoms with Crippen molar-refractivity contribution in [1.29, 1.82) is 0 Å². The molecule has 0 saturated carbocycles. The molecule has 0 aromatic heterocycles. The molecule has 13 heavy (non-hydrogen) atoms. The van der Waals surface area contributed by atoms with Gasteiger partial charge in [0.2, 0.25) is 5.91 Å². The van der Waals surface area contributed by atoms with E-state index >= 15 is 0 Å². The van der Waals surface area contributed by atoms with Crippen LogP contribution in [0.25, 0.3) is 0 Å². The van der Waals surface area contributed by atoms with Crippen molar-refractivity contribution in [3.8, 4) is 0 Å². The normalized spacial score (nSPS) is 37.5. The highest BCUT2D eigenvalue weighted by Crippen LogP contribution is 2.43. The number of hydrogen-bond donors (Lipinski definition) is 1. The van der Waals surface area contributed by atoms with Crippen LogP contribution in [0, 0.1) is 0 Å². The van der Waals surface area contributed by atoms with Crippen molar-refractivity contribution in [2.45, 2.75) is 55.6 Å². The van der Waals surface area contributed by atoms with Crippen molar-refractivity contribution in [1.82, 2.24) is 5.32 Å². The summed E-state index contributed by atoms with van der Waals surface area (Å²) in [5.74, 6) is 0.219. The molecule has 0 aromatic rings. The Morgan fingerprint density at radius 3 is 2.54 bits per heavy atom. The molecule has 2 aliphatic heterocycles. The Hall–Kier alpha value is -0.180. The zero-order valence-electron chi connectivity index (χ0n) is 8.08. The van der Waals surface area contributed by atoms with Crippen LogP contribution >= 0.6 is 11.8 Å². The van der Waals surface area contributed by atoms with Gasteiger partial charge in [0.25, 0.3) is 0 Å². The topological polar surface area (TPSA) is 29.1 Å². The van der Waals surface area contributed by atoms with Crippen molar-refractivity contribution < 1.29 is 4.79 Å². The van der Waals surface area contributed by atoms with Crippen LogP contribution in [0.15, 0.2) is 0 Å². The summed E-state index contributed by atoms with van der Waals surface area (Å²) in [6, 6.07) is 0.478. The smallest absolute Gasteiger partial charge is 0.219 e. The summed E-state index contributed by atoms with van der Waals surface area (Å²) in [5.41, 5.74) is 0. The minimum atomic E-state index is 0.219. The molecule has 2 saturated heterocycles. The van der Waals surface area contributed by atoms with Gasteiger partial charge in [-0.3, -0.25) is 4.79 Å². The number of hydrogen-bond acceptors (Lipinski definition) is 2. The van der Waals surface area contributed by atoms with Gasteiger partial charge in [-0.05, 0) is 25.7 Å². The zero-order valence-corrected chi connectivity index (χ0v) is 8.90. The van der Waals surface area contributed by atoms with Gasteiger partial charge >= 0.3 is 0 Å². The summed E-state index contributed by atoms with van der Waals surface area (Å²) in [6.45, 7) is 1.92. The average molecular weight is 199 g/mol. The maximum absolute atomic E-state index is 11.2. The van der Waals surface area contributed by atoms with Gasteiger partial charge in [0.1, 0.15) is 0 Å². The molecule has 0 radical (unpaired) electrons. The Morgan fingerprint density at radius 1 is 1.38 bits per heavy atom. The molecule has 2 bridgehead atoms. The monoisotopic (exact) mass is 199 g/mol. The van der Waals surface area contributed by atoms with Crippen LogP contribution in [0.1, 0.15) is 39.0 Å². The molecule has 2 rings (SSSR count). The first-order valence-corrected chi connectivity index (χ1v) is 6.17. The van der Waals surface area contributed by atoms with Gasteiger partial charge in [0.05, 0.1) is 0 Å². The third-order valence-electron chi connectivity index (χ3n) is 2.98. The van der Waals surface area contributed by atoms with E-state index in [0.29, 0.717) is 12.5 Å². The molecular formula is C10H17NOS. The Kier molecular flexibility index (Phi) is 2.82. The number of carbonyl (C=O) groups is 1. The van der Waals surface area contributed by atoms with Gasteiger partial charge in [-0.2, -0.15) is 11.8 Å². The lowest BCUT2D eigenvalue weighted by molar-refractivity contribution is -0.121. The van der Waals surface area contributed by atoms with Crippen LogP contribution in [0.3, 0.4) is 0 Å². The standard InChI is InChI=1S/C10H17NOS/c1-2-10(12)11-7-5-8-3-4-9(6-7)13-8/h7-9H,2-6H2,1H3,(H,11,12). The highest BCUT2D eigenvalue weighted by Gasteiger charge is 2.34. The number of amides is 1. The van der Waals surface area contributed by atoms with Gasteiger partial charge in [0.15, 0.2) is 0 Å². The first-order valence-electron chi connectivity index (χ1n) is 5.22. The van der Waals surface area contributed by atoms with Crippen LogP contribution in [-0.4, -0.2) is 22.4 Å². The van der Waals surface area contributed by atoms with Gasteiger partial charge in [-0.15, -0.1) is 0 Å². The Balaban J connectivity index is 1.85. The molecule has 0 aliphatic carbocycles. The number of thioether (sulfide) groups is 1. The third kappa shape index (κ3) is 2.19. The summed E-state index contributed by atoms with van der Waals surface area (Å²) in [5, 5.41) is 4.79. The molecule has 2 heterocycles. The molecule has 74 valence electrons. The first kappa shape index (κ1) is 9.38. The molecule has 0 aromatic carbocycles. The lowest BCUT2D eigenvalue weighted by Gasteiger charge is -2.27. The average Bonchev–Trinajstić information content (AvgIpc) is 2.46. The minimum Gasteiger partial charge on any atom is -0.353 e.